The van der Waals surface area contributed by atoms with Gasteiger partial charge in [-0.1, -0.05) is 6.92 Å². The Kier molecular flexibility index (Phi) is 4.74. The quantitative estimate of drug-likeness (QED) is 0.607. The predicted octanol–water partition coefficient (Wildman–Crippen LogP) is 1.83. The van der Waals surface area contributed by atoms with Crippen molar-refractivity contribution in [2.45, 2.75) is 13.3 Å². The van der Waals surface area contributed by atoms with Gasteiger partial charge in [-0.3, -0.25) is 9.59 Å². The van der Waals surface area contributed by atoms with Gasteiger partial charge in [0.1, 0.15) is 16.9 Å². The van der Waals surface area contributed by atoms with Crippen LogP contribution in [0.25, 0.3) is 11.0 Å². The maximum atomic E-state index is 12.4. The lowest BCUT2D eigenvalue weighted by Crippen LogP contribution is -2.54. The van der Waals surface area contributed by atoms with Crippen molar-refractivity contribution in [3.63, 3.8) is 0 Å². The number of carbonyl (C=O) groups excluding carboxylic acids is 2. The normalized spacial score (nSPS) is 14.2. The third-order valence-electron chi connectivity index (χ3n) is 4.11. The van der Waals surface area contributed by atoms with E-state index >= 15 is 0 Å². The molecule has 25 heavy (non-hydrogen) atoms. The Hall–Kier alpha value is -2.83. The summed E-state index contributed by atoms with van der Waals surface area (Å²) < 4.78 is 15.4. The summed E-state index contributed by atoms with van der Waals surface area (Å²) in [4.78, 5) is 37.4. The molecule has 3 rings (SSSR count). The smallest absolute Gasteiger partial charge is 0.349 e. The molecule has 0 N–H and O–H groups in total. The summed E-state index contributed by atoms with van der Waals surface area (Å²) in [5.41, 5.74) is -0.379. The molecule has 7 nitrogen and oxygen atoms in total. The van der Waals surface area contributed by atoms with E-state index in [0.717, 1.165) is 6.42 Å². The van der Waals surface area contributed by atoms with Gasteiger partial charge in [0, 0.05) is 24.5 Å². The molecule has 7 heteroatoms. The lowest BCUT2D eigenvalue weighted by atomic mass is 9.99. The highest BCUT2D eigenvalue weighted by Gasteiger charge is 2.37. The van der Waals surface area contributed by atoms with E-state index in [1.165, 1.54) is 18.1 Å². The van der Waals surface area contributed by atoms with Gasteiger partial charge in [0.25, 0.3) is 5.91 Å². The summed E-state index contributed by atoms with van der Waals surface area (Å²) >= 11 is 0. The fourth-order valence-electron chi connectivity index (χ4n) is 2.68. The molecular formula is C18H19NO6. The van der Waals surface area contributed by atoms with Gasteiger partial charge in [0.15, 0.2) is 0 Å². The van der Waals surface area contributed by atoms with E-state index in [9.17, 15) is 14.4 Å². The van der Waals surface area contributed by atoms with E-state index in [0.29, 0.717) is 23.3 Å². The monoisotopic (exact) mass is 345 g/mol. The third kappa shape index (κ3) is 3.35. The van der Waals surface area contributed by atoms with Crippen LogP contribution >= 0.6 is 0 Å². The van der Waals surface area contributed by atoms with Gasteiger partial charge in [-0.15, -0.1) is 0 Å². The van der Waals surface area contributed by atoms with Gasteiger partial charge in [-0.2, -0.15) is 0 Å². The zero-order chi connectivity index (χ0) is 18.0. The topological polar surface area (TPSA) is 86.0 Å². The summed E-state index contributed by atoms with van der Waals surface area (Å²) in [6.07, 6.45) is 0.873. The molecule has 0 aliphatic carbocycles. The second kappa shape index (κ2) is 6.96. The molecule has 0 saturated carbocycles. The highest BCUT2D eigenvalue weighted by atomic mass is 16.5. The van der Waals surface area contributed by atoms with Crippen LogP contribution in [0.3, 0.4) is 0 Å². The van der Waals surface area contributed by atoms with Crippen molar-refractivity contribution in [2.75, 3.05) is 26.8 Å². The molecule has 0 unspecified atom stereocenters. The molecule has 1 saturated heterocycles. The van der Waals surface area contributed by atoms with Crippen LogP contribution in [0.4, 0.5) is 0 Å². The van der Waals surface area contributed by atoms with Crippen molar-refractivity contribution in [3.8, 4) is 5.75 Å². The number of methoxy groups -OCH3 is 1. The molecule has 1 fully saturated rings. The van der Waals surface area contributed by atoms with Crippen molar-refractivity contribution < 1.29 is 23.5 Å². The van der Waals surface area contributed by atoms with Crippen LogP contribution in [0.15, 0.2) is 33.5 Å². The van der Waals surface area contributed by atoms with E-state index in [1.807, 2.05) is 6.92 Å². The maximum Gasteiger partial charge on any atom is 0.349 e. The average molecular weight is 345 g/mol. The summed E-state index contributed by atoms with van der Waals surface area (Å²) in [5.74, 6) is -0.517. The number of fused-ring (bicyclic) bond motifs is 1. The first-order valence-corrected chi connectivity index (χ1v) is 8.11. The van der Waals surface area contributed by atoms with Crippen LogP contribution in [0, 0.1) is 5.92 Å². The highest BCUT2D eigenvalue weighted by molar-refractivity contribution is 5.98. The van der Waals surface area contributed by atoms with E-state index in [-0.39, 0.29) is 30.5 Å². The zero-order valence-corrected chi connectivity index (χ0v) is 14.1. The molecule has 1 aromatic carbocycles. The van der Waals surface area contributed by atoms with E-state index in [1.54, 1.807) is 18.2 Å². The van der Waals surface area contributed by atoms with Gasteiger partial charge in [0.2, 0.25) is 0 Å². The van der Waals surface area contributed by atoms with Gasteiger partial charge in [-0.05, 0) is 24.6 Å². The van der Waals surface area contributed by atoms with Crippen molar-refractivity contribution in [1.82, 2.24) is 4.90 Å². The fourth-order valence-corrected chi connectivity index (χ4v) is 2.68. The fraction of sp³-hybridized carbons (Fsp3) is 0.389. The first-order valence-electron chi connectivity index (χ1n) is 8.11. The largest absolute Gasteiger partial charge is 0.493 e. The van der Waals surface area contributed by atoms with Gasteiger partial charge in [-0.25, -0.2) is 4.79 Å². The minimum atomic E-state index is -0.702. The predicted molar refractivity (Wildman–Crippen MR) is 89.7 cm³/mol. The number of hydrogen-bond acceptors (Lipinski definition) is 6. The summed E-state index contributed by atoms with van der Waals surface area (Å²) in [6.45, 7) is 3.06. The number of hydrogen-bond donors (Lipinski definition) is 0. The molecule has 0 atom stereocenters. The molecule has 1 aromatic heterocycles. The van der Waals surface area contributed by atoms with Crippen molar-refractivity contribution >= 4 is 22.8 Å². The van der Waals surface area contributed by atoms with Crippen LogP contribution in [0.1, 0.15) is 23.7 Å². The maximum absolute atomic E-state index is 12.4. The molecule has 1 aliphatic heterocycles. The van der Waals surface area contributed by atoms with Crippen LogP contribution < -0.4 is 10.4 Å². The number of amides is 1. The lowest BCUT2D eigenvalue weighted by molar-refractivity contribution is -0.149. The standard InChI is InChI=1S/C18H19NO6/c1-3-6-24-13-5-4-11-7-14(18(22)25-15(11)8-13)16(20)19-9-12(10-19)17(21)23-2/h4-5,7-8,12H,3,6,9-10H2,1-2H3. The summed E-state index contributed by atoms with van der Waals surface area (Å²) in [6, 6.07) is 6.66. The number of likely N-dealkylation sites (tertiary alicyclic amines) is 1. The molecule has 0 radical (unpaired) electrons. The second-order valence-electron chi connectivity index (χ2n) is 5.93. The Labute approximate surface area is 144 Å². The lowest BCUT2D eigenvalue weighted by Gasteiger charge is -2.37. The van der Waals surface area contributed by atoms with Crippen LogP contribution in [-0.4, -0.2) is 43.6 Å². The van der Waals surface area contributed by atoms with Gasteiger partial charge < -0.3 is 18.8 Å². The average Bonchev–Trinajstić information content (AvgIpc) is 2.57. The van der Waals surface area contributed by atoms with Crippen molar-refractivity contribution in [3.05, 3.63) is 40.2 Å². The first-order chi connectivity index (χ1) is 12.0. The number of rotatable bonds is 5. The molecule has 132 valence electrons. The Morgan fingerprint density at radius 3 is 2.72 bits per heavy atom. The number of nitrogens with zero attached hydrogens (tertiary/aromatic N) is 1. The SMILES string of the molecule is CCCOc1ccc2cc(C(=O)N3CC(C(=O)OC)C3)c(=O)oc2c1. The third-order valence-corrected chi connectivity index (χ3v) is 4.11. The number of benzene rings is 1. The molecule has 2 aromatic rings. The Morgan fingerprint density at radius 1 is 1.28 bits per heavy atom. The van der Waals surface area contributed by atoms with Crippen LogP contribution in [-0.2, 0) is 9.53 Å². The number of ether oxygens (including phenoxy) is 2. The second-order valence-corrected chi connectivity index (χ2v) is 5.93. The highest BCUT2D eigenvalue weighted by Crippen LogP contribution is 2.23. The van der Waals surface area contributed by atoms with Crippen LogP contribution in [0.2, 0.25) is 0 Å². The summed E-state index contributed by atoms with van der Waals surface area (Å²) in [5, 5.41) is 0.636. The van der Waals surface area contributed by atoms with Gasteiger partial charge >= 0.3 is 11.6 Å². The molecule has 1 aliphatic rings. The van der Waals surface area contributed by atoms with Crippen LogP contribution in [0.5, 0.6) is 5.75 Å². The Morgan fingerprint density at radius 2 is 2.04 bits per heavy atom. The minimum absolute atomic E-state index is 0.0435. The summed E-state index contributed by atoms with van der Waals surface area (Å²) in [7, 11) is 1.31. The molecule has 2 heterocycles. The van der Waals surface area contributed by atoms with E-state index in [2.05, 4.69) is 4.74 Å². The van der Waals surface area contributed by atoms with E-state index in [4.69, 9.17) is 9.15 Å². The molecule has 0 bridgehead atoms. The van der Waals surface area contributed by atoms with Gasteiger partial charge in [0.05, 0.1) is 19.6 Å². The molecule has 1 amide bonds. The number of carbonyl (C=O) groups is 2. The Balaban J connectivity index is 1.80. The van der Waals surface area contributed by atoms with Crippen molar-refractivity contribution in [1.29, 1.82) is 0 Å². The van der Waals surface area contributed by atoms with Crippen molar-refractivity contribution in [2.24, 2.45) is 5.92 Å². The first kappa shape index (κ1) is 17.0. The Bertz CT molecular complexity index is 865. The van der Waals surface area contributed by atoms with E-state index < -0.39 is 11.5 Å². The molecular weight excluding hydrogens is 326 g/mol. The number of esters is 1. The zero-order valence-electron chi connectivity index (χ0n) is 14.1. The molecule has 0 spiro atoms. The minimum Gasteiger partial charge on any atom is -0.493 e.